The number of halogens is 1. The second-order valence-electron chi connectivity index (χ2n) is 9.98. The van der Waals surface area contributed by atoms with E-state index < -0.39 is 5.60 Å². The fourth-order valence-corrected chi connectivity index (χ4v) is 4.96. The first-order valence-electron chi connectivity index (χ1n) is 11.7. The zero-order valence-corrected chi connectivity index (χ0v) is 20.7. The topological polar surface area (TPSA) is 71.6 Å². The Balaban J connectivity index is 1.60. The van der Waals surface area contributed by atoms with Crippen LogP contribution in [0.5, 0.6) is 0 Å². The van der Waals surface area contributed by atoms with Gasteiger partial charge in [0.2, 0.25) is 0 Å². The summed E-state index contributed by atoms with van der Waals surface area (Å²) in [4.78, 5) is 31.7. The number of carbonyl (C=O) groups excluding carboxylic acids is 2. The molecule has 0 radical (unpaired) electrons. The molecule has 4 rings (SSSR count). The smallest absolute Gasteiger partial charge is 0.410 e. The predicted molar refractivity (Wildman–Crippen MR) is 124 cm³/mol. The molecule has 3 aliphatic rings. The molecule has 2 fully saturated rings. The maximum absolute atomic E-state index is 13.3. The minimum Gasteiger partial charge on any atom is -0.444 e. The highest BCUT2D eigenvalue weighted by Gasteiger charge is 2.36. The summed E-state index contributed by atoms with van der Waals surface area (Å²) in [6, 6.07) is 3.59. The van der Waals surface area contributed by atoms with Crippen molar-refractivity contribution in [3.63, 3.8) is 0 Å². The second kappa shape index (κ2) is 9.68. The number of ether oxygens (including phenoxy) is 3. The number of hydrogen-bond acceptors (Lipinski definition) is 5. The molecule has 3 aliphatic heterocycles. The Morgan fingerprint density at radius 2 is 1.91 bits per heavy atom. The Bertz CT molecular complexity index is 903. The van der Waals surface area contributed by atoms with Gasteiger partial charge in [-0.1, -0.05) is 11.6 Å². The molecule has 3 amide bonds. The van der Waals surface area contributed by atoms with E-state index in [4.69, 9.17) is 25.8 Å². The Labute approximate surface area is 200 Å². The van der Waals surface area contributed by atoms with Gasteiger partial charge in [-0.15, -0.1) is 0 Å². The normalized spacial score (nSPS) is 23.8. The average molecular weight is 480 g/mol. The number of nitrogens with zero attached hydrogens (tertiary/aromatic N) is 3. The molecular formula is C24H34ClN3O5. The minimum atomic E-state index is -0.591. The van der Waals surface area contributed by atoms with Crippen LogP contribution in [0.25, 0.3) is 0 Å². The van der Waals surface area contributed by atoms with Crippen LogP contribution in [-0.2, 0) is 27.2 Å². The van der Waals surface area contributed by atoms with Crippen molar-refractivity contribution >= 4 is 23.7 Å². The number of rotatable bonds is 1. The molecule has 182 valence electrons. The van der Waals surface area contributed by atoms with Crippen LogP contribution in [0.1, 0.15) is 50.4 Å². The second-order valence-corrected chi connectivity index (χ2v) is 10.4. The molecule has 0 saturated carbocycles. The van der Waals surface area contributed by atoms with Crippen molar-refractivity contribution in [1.82, 2.24) is 14.7 Å². The summed E-state index contributed by atoms with van der Waals surface area (Å²) in [5.41, 5.74) is 2.50. The third-order valence-corrected chi connectivity index (χ3v) is 6.46. The third-order valence-electron chi connectivity index (χ3n) is 6.24. The maximum atomic E-state index is 13.3. The quantitative estimate of drug-likeness (QED) is 0.611. The van der Waals surface area contributed by atoms with Crippen molar-refractivity contribution in [3.8, 4) is 0 Å². The fraction of sp³-hybridized carbons (Fsp3) is 0.667. The molecule has 0 unspecified atom stereocenters. The SMILES string of the molecule is C[C@H]1CN(C(=O)N2CCc3cc(Cl)cc([C@@H]4COCCN4C(=O)OC(C)(C)C)c3C2)CCO1. The number of morpholine rings is 2. The lowest BCUT2D eigenvalue weighted by Gasteiger charge is -2.40. The third kappa shape index (κ3) is 5.55. The zero-order chi connectivity index (χ0) is 23.8. The first kappa shape index (κ1) is 24.1. The summed E-state index contributed by atoms with van der Waals surface area (Å²) in [5, 5.41) is 0.625. The van der Waals surface area contributed by atoms with Gasteiger partial charge in [-0.25, -0.2) is 9.59 Å². The molecular weight excluding hydrogens is 446 g/mol. The molecule has 1 aromatic carbocycles. The van der Waals surface area contributed by atoms with Crippen molar-refractivity contribution in [2.75, 3.05) is 46.0 Å². The van der Waals surface area contributed by atoms with Gasteiger partial charge in [-0.3, -0.25) is 4.90 Å². The van der Waals surface area contributed by atoms with Gasteiger partial charge < -0.3 is 24.0 Å². The van der Waals surface area contributed by atoms with Gasteiger partial charge >= 0.3 is 12.1 Å². The highest BCUT2D eigenvalue weighted by Crippen LogP contribution is 2.35. The van der Waals surface area contributed by atoms with Crippen molar-refractivity contribution in [3.05, 3.63) is 33.8 Å². The van der Waals surface area contributed by atoms with Crippen molar-refractivity contribution in [2.24, 2.45) is 0 Å². The summed E-state index contributed by atoms with van der Waals surface area (Å²) in [6.45, 7) is 11.7. The van der Waals surface area contributed by atoms with E-state index in [0.717, 1.165) is 16.7 Å². The van der Waals surface area contributed by atoms with E-state index in [2.05, 4.69) is 0 Å². The van der Waals surface area contributed by atoms with E-state index >= 15 is 0 Å². The van der Waals surface area contributed by atoms with Crippen LogP contribution < -0.4 is 0 Å². The fourth-order valence-electron chi connectivity index (χ4n) is 4.71. The molecule has 0 N–H and O–H groups in total. The van der Waals surface area contributed by atoms with Gasteiger partial charge in [-0.2, -0.15) is 0 Å². The highest BCUT2D eigenvalue weighted by molar-refractivity contribution is 6.30. The number of fused-ring (bicyclic) bond motifs is 1. The van der Waals surface area contributed by atoms with Crippen molar-refractivity contribution in [1.29, 1.82) is 0 Å². The minimum absolute atomic E-state index is 0.0283. The summed E-state index contributed by atoms with van der Waals surface area (Å²) >= 11 is 6.49. The first-order chi connectivity index (χ1) is 15.6. The maximum Gasteiger partial charge on any atom is 0.410 e. The molecule has 2 atom stereocenters. The number of hydrogen-bond donors (Lipinski definition) is 0. The molecule has 8 nitrogen and oxygen atoms in total. The van der Waals surface area contributed by atoms with Crippen LogP contribution in [0.2, 0.25) is 5.02 Å². The van der Waals surface area contributed by atoms with Crippen LogP contribution in [0.4, 0.5) is 9.59 Å². The summed E-state index contributed by atoms with van der Waals surface area (Å²) in [7, 11) is 0. The predicted octanol–water partition coefficient (Wildman–Crippen LogP) is 3.85. The summed E-state index contributed by atoms with van der Waals surface area (Å²) in [6.07, 6.45) is 0.389. The van der Waals surface area contributed by atoms with E-state index in [-0.39, 0.29) is 24.3 Å². The van der Waals surface area contributed by atoms with Gasteiger partial charge in [0, 0.05) is 37.7 Å². The molecule has 9 heteroatoms. The lowest BCUT2D eigenvalue weighted by molar-refractivity contribution is -0.0335. The molecule has 3 heterocycles. The van der Waals surface area contributed by atoms with Crippen LogP contribution in [0.3, 0.4) is 0 Å². The highest BCUT2D eigenvalue weighted by atomic mass is 35.5. The van der Waals surface area contributed by atoms with Crippen LogP contribution in [0, 0.1) is 0 Å². The van der Waals surface area contributed by atoms with Gasteiger partial charge in [-0.05, 0) is 62.9 Å². The average Bonchev–Trinajstić information content (AvgIpc) is 2.76. The zero-order valence-electron chi connectivity index (χ0n) is 19.9. The van der Waals surface area contributed by atoms with Crippen molar-refractivity contribution < 1.29 is 23.8 Å². The van der Waals surface area contributed by atoms with E-state index in [1.807, 2.05) is 49.6 Å². The van der Waals surface area contributed by atoms with Gasteiger partial charge in [0.15, 0.2) is 0 Å². The molecule has 0 aliphatic carbocycles. The van der Waals surface area contributed by atoms with E-state index in [1.54, 1.807) is 4.90 Å². The monoisotopic (exact) mass is 479 g/mol. The number of urea groups is 1. The number of amides is 3. The van der Waals surface area contributed by atoms with Gasteiger partial charge in [0.05, 0.1) is 32.0 Å². The Kier molecular flexibility index (Phi) is 7.07. The number of benzene rings is 1. The Hall–Kier alpha value is -2.03. The van der Waals surface area contributed by atoms with E-state index in [9.17, 15) is 9.59 Å². The Morgan fingerprint density at radius 3 is 2.64 bits per heavy atom. The standard InChI is InChI=1S/C24H34ClN3O5/c1-16-13-27(7-10-32-16)22(29)26-6-5-17-11-18(25)12-19(20(17)14-26)21-15-31-9-8-28(21)23(30)33-24(2,3)4/h11-12,16,21H,5-10,13-15H2,1-4H3/t16-,21-/m0/s1. The van der Waals surface area contributed by atoms with Gasteiger partial charge in [0.25, 0.3) is 0 Å². The largest absolute Gasteiger partial charge is 0.444 e. The Morgan fingerprint density at radius 1 is 1.12 bits per heavy atom. The molecule has 0 aromatic heterocycles. The molecule has 0 bridgehead atoms. The molecule has 33 heavy (non-hydrogen) atoms. The lowest BCUT2D eigenvalue weighted by Crippen LogP contribution is -2.51. The lowest BCUT2D eigenvalue weighted by atomic mass is 9.90. The molecule has 0 spiro atoms. The molecule has 1 aromatic rings. The van der Waals surface area contributed by atoms with E-state index in [0.29, 0.717) is 64.0 Å². The number of carbonyl (C=O) groups is 2. The molecule has 2 saturated heterocycles. The first-order valence-corrected chi connectivity index (χ1v) is 12.0. The van der Waals surface area contributed by atoms with Crippen LogP contribution >= 0.6 is 11.6 Å². The van der Waals surface area contributed by atoms with Crippen LogP contribution in [-0.4, -0.2) is 84.5 Å². The van der Waals surface area contributed by atoms with Crippen LogP contribution in [0.15, 0.2) is 12.1 Å². The summed E-state index contributed by atoms with van der Waals surface area (Å²) < 4.78 is 17.0. The van der Waals surface area contributed by atoms with Crippen molar-refractivity contribution in [2.45, 2.75) is 58.4 Å². The summed E-state index contributed by atoms with van der Waals surface area (Å²) in [5.74, 6) is 0. The van der Waals surface area contributed by atoms with Gasteiger partial charge in [0.1, 0.15) is 5.60 Å². The van der Waals surface area contributed by atoms with E-state index in [1.165, 1.54) is 0 Å².